The summed E-state index contributed by atoms with van der Waals surface area (Å²) in [6.07, 6.45) is 0. The van der Waals surface area contributed by atoms with Crippen molar-refractivity contribution in [2.24, 2.45) is 0 Å². The number of methoxy groups -OCH3 is 1. The molecule has 2 aromatic rings. The highest BCUT2D eigenvalue weighted by atomic mass is 16.5. The first-order chi connectivity index (χ1) is 8.19. The molecule has 0 aliphatic heterocycles. The van der Waals surface area contributed by atoms with Crippen LogP contribution in [0.5, 0.6) is 17.2 Å². The molecule has 0 saturated carbocycles. The van der Waals surface area contributed by atoms with Crippen LogP contribution in [0.4, 0.5) is 5.69 Å². The van der Waals surface area contributed by atoms with Gasteiger partial charge in [0.1, 0.15) is 11.5 Å². The third kappa shape index (κ3) is 2.69. The average molecular weight is 229 g/mol. The minimum absolute atomic E-state index is 0.589. The second kappa shape index (κ2) is 4.78. The van der Waals surface area contributed by atoms with Crippen molar-refractivity contribution in [3.8, 4) is 17.2 Å². The van der Waals surface area contributed by atoms with Crippen molar-refractivity contribution in [1.29, 1.82) is 0 Å². The molecule has 2 N–H and O–H groups in total. The Balaban J connectivity index is 2.25. The van der Waals surface area contributed by atoms with E-state index in [9.17, 15) is 0 Å². The van der Waals surface area contributed by atoms with Crippen molar-refractivity contribution in [2.45, 2.75) is 6.92 Å². The number of hydrogen-bond donors (Lipinski definition) is 1. The summed E-state index contributed by atoms with van der Waals surface area (Å²) in [5, 5.41) is 0. The first kappa shape index (κ1) is 11.3. The maximum Gasteiger partial charge on any atom is 0.153 e. The molecule has 3 nitrogen and oxygen atoms in total. The minimum Gasteiger partial charge on any atom is -0.497 e. The van der Waals surface area contributed by atoms with E-state index in [0.717, 1.165) is 11.5 Å². The molecule has 0 aliphatic rings. The fourth-order valence-corrected chi connectivity index (χ4v) is 1.46. The van der Waals surface area contributed by atoms with Gasteiger partial charge in [0.05, 0.1) is 12.8 Å². The van der Waals surface area contributed by atoms with E-state index >= 15 is 0 Å². The molecule has 0 amide bonds. The molecule has 2 rings (SSSR count). The summed E-state index contributed by atoms with van der Waals surface area (Å²) in [6.45, 7) is 2.03. The van der Waals surface area contributed by atoms with Crippen LogP contribution in [-0.2, 0) is 0 Å². The Hall–Kier alpha value is -2.16. The molecule has 0 radical (unpaired) electrons. The van der Waals surface area contributed by atoms with Crippen molar-refractivity contribution in [3.63, 3.8) is 0 Å². The predicted molar refractivity (Wildman–Crippen MR) is 68.7 cm³/mol. The summed E-state index contributed by atoms with van der Waals surface area (Å²) < 4.78 is 10.8. The van der Waals surface area contributed by atoms with Crippen LogP contribution in [0.3, 0.4) is 0 Å². The van der Waals surface area contributed by atoms with Gasteiger partial charge in [-0.3, -0.25) is 0 Å². The lowest BCUT2D eigenvalue weighted by Gasteiger charge is -2.10. The number of benzene rings is 2. The van der Waals surface area contributed by atoms with Crippen LogP contribution in [0.25, 0.3) is 0 Å². The van der Waals surface area contributed by atoms with Gasteiger partial charge in [0.2, 0.25) is 0 Å². The fraction of sp³-hybridized carbons (Fsp3) is 0.143. The lowest BCUT2D eigenvalue weighted by molar-refractivity contribution is 0.409. The number of anilines is 1. The van der Waals surface area contributed by atoms with Gasteiger partial charge < -0.3 is 15.2 Å². The van der Waals surface area contributed by atoms with Crippen LogP contribution in [0.15, 0.2) is 42.5 Å². The van der Waals surface area contributed by atoms with Crippen LogP contribution in [-0.4, -0.2) is 7.11 Å². The number of hydrogen-bond acceptors (Lipinski definition) is 3. The zero-order valence-electron chi connectivity index (χ0n) is 9.94. The highest BCUT2D eigenvalue weighted by Crippen LogP contribution is 2.31. The molecular formula is C14H15NO2. The lowest BCUT2D eigenvalue weighted by atomic mass is 10.2. The van der Waals surface area contributed by atoms with Gasteiger partial charge in [0.25, 0.3) is 0 Å². The molecule has 0 unspecified atom stereocenters. The van der Waals surface area contributed by atoms with Gasteiger partial charge in [0.15, 0.2) is 5.75 Å². The quantitative estimate of drug-likeness (QED) is 0.820. The van der Waals surface area contributed by atoms with E-state index in [0.29, 0.717) is 11.4 Å². The molecule has 3 heteroatoms. The topological polar surface area (TPSA) is 44.5 Å². The van der Waals surface area contributed by atoms with Crippen molar-refractivity contribution in [1.82, 2.24) is 0 Å². The molecule has 0 bridgehead atoms. The molecule has 88 valence electrons. The smallest absolute Gasteiger partial charge is 0.153 e. The third-order valence-electron chi connectivity index (χ3n) is 2.47. The Morgan fingerprint density at radius 2 is 1.59 bits per heavy atom. The number of nitrogen functional groups attached to an aromatic ring is 1. The van der Waals surface area contributed by atoms with Gasteiger partial charge in [0, 0.05) is 6.07 Å². The SMILES string of the molecule is COc1ccc(N)c(Oc2ccc(C)cc2)c1. The van der Waals surface area contributed by atoms with Crippen LogP contribution in [0.1, 0.15) is 5.56 Å². The van der Waals surface area contributed by atoms with E-state index in [1.165, 1.54) is 5.56 Å². The van der Waals surface area contributed by atoms with Gasteiger partial charge in [-0.25, -0.2) is 0 Å². The van der Waals surface area contributed by atoms with E-state index in [2.05, 4.69) is 0 Å². The van der Waals surface area contributed by atoms with Crippen molar-refractivity contribution in [2.75, 3.05) is 12.8 Å². The second-order valence-corrected chi connectivity index (χ2v) is 3.82. The molecule has 0 atom stereocenters. The Morgan fingerprint density at radius 3 is 2.24 bits per heavy atom. The van der Waals surface area contributed by atoms with E-state index in [4.69, 9.17) is 15.2 Å². The van der Waals surface area contributed by atoms with Crippen LogP contribution in [0.2, 0.25) is 0 Å². The Bertz CT molecular complexity index is 506. The van der Waals surface area contributed by atoms with Crippen molar-refractivity contribution >= 4 is 5.69 Å². The van der Waals surface area contributed by atoms with Crippen LogP contribution >= 0.6 is 0 Å². The molecule has 0 aromatic heterocycles. The maximum absolute atomic E-state index is 5.84. The van der Waals surface area contributed by atoms with Gasteiger partial charge in [-0.15, -0.1) is 0 Å². The predicted octanol–water partition coefficient (Wildman–Crippen LogP) is 3.38. The summed E-state index contributed by atoms with van der Waals surface area (Å²) >= 11 is 0. The van der Waals surface area contributed by atoms with Crippen LogP contribution < -0.4 is 15.2 Å². The van der Waals surface area contributed by atoms with Gasteiger partial charge in [-0.05, 0) is 31.2 Å². The van der Waals surface area contributed by atoms with E-state index < -0.39 is 0 Å². The maximum atomic E-state index is 5.84. The molecule has 0 spiro atoms. The molecule has 0 fully saturated rings. The van der Waals surface area contributed by atoms with Gasteiger partial charge >= 0.3 is 0 Å². The monoisotopic (exact) mass is 229 g/mol. The molecule has 0 saturated heterocycles. The van der Waals surface area contributed by atoms with Crippen LogP contribution in [0, 0.1) is 6.92 Å². The Morgan fingerprint density at radius 1 is 0.941 bits per heavy atom. The molecule has 17 heavy (non-hydrogen) atoms. The summed E-state index contributed by atoms with van der Waals surface area (Å²) in [7, 11) is 1.61. The second-order valence-electron chi connectivity index (χ2n) is 3.82. The highest BCUT2D eigenvalue weighted by molar-refractivity contribution is 5.57. The molecular weight excluding hydrogens is 214 g/mol. The number of nitrogens with two attached hydrogens (primary N) is 1. The average Bonchev–Trinajstić information content (AvgIpc) is 2.35. The number of aryl methyl sites for hydroxylation is 1. The summed E-state index contributed by atoms with van der Waals surface area (Å²) in [4.78, 5) is 0. The normalized spacial score (nSPS) is 10.0. The molecule has 0 aliphatic carbocycles. The first-order valence-electron chi connectivity index (χ1n) is 5.37. The van der Waals surface area contributed by atoms with E-state index in [1.54, 1.807) is 25.3 Å². The minimum atomic E-state index is 0.589. The standard InChI is InChI=1S/C14H15NO2/c1-10-3-5-11(6-4-10)17-14-9-12(16-2)7-8-13(14)15/h3-9H,15H2,1-2H3. The largest absolute Gasteiger partial charge is 0.497 e. The zero-order valence-corrected chi connectivity index (χ0v) is 9.94. The van der Waals surface area contributed by atoms with Crippen molar-refractivity contribution < 1.29 is 9.47 Å². The van der Waals surface area contributed by atoms with Gasteiger partial charge in [-0.2, -0.15) is 0 Å². The summed E-state index contributed by atoms with van der Waals surface area (Å²) in [5.74, 6) is 2.09. The molecule has 2 aromatic carbocycles. The van der Waals surface area contributed by atoms with E-state index in [-0.39, 0.29) is 0 Å². The third-order valence-corrected chi connectivity index (χ3v) is 2.47. The van der Waals surface area contributed by atoms with E-state index in [1.807, 2.05) is 31.2 Å². The first-order valence-corrected chi connectivity index (χ1v) is 5.37. The summed E-state index contributed by atoms with van der Waals surface area (Å²) in [5.41, 5.74) is 7.62. The Labute approximate surface area is 101 Å². The van der Waals surface area contributed by atoms with Crippen molar-refractivity contribution in [3.05, 3.63) is 48.0 Å². The zero-order chi connectivity index (χ0) is 12.3. The lowest BCUT2D eigenvalue weighted by Crippen LogP contribution is -1.93. The van der Waals surface area contributed by atoms with Gasteiger partial charge in [-0.1, -0.05) is 17.7 Å². The summed E-state index contributed by atoms with van der Waals surface area (Å²) in [6, 6.07) is 13.1. The number of rotatable bonds is 3. The fourth-order valence-electron chi connectivity index (χ4n) is 1.46. The molecule has 0 heterocycles. The Kier molecular flexibility index (Phi) is 3.19. The highest BCUT2D eigenvalue weighted by Gasteiger charge is 2.04. The number of ether oxygens (including phenoxy) is 2.